The summed E-state index contributed by atoms with van der Waals surface area (Å²) < 4.78 is 0. The van der Waals surface area contributed by atoms with Gasteiger partial charge in [-0.3, -0.25) is 9.59 Å². The Bertz CT molecular complexity index is 1200. The molecule has 3 aromatic carbocycles. The Morgan fingerprint density at radius 2 is 1.48 bits per heavy atom. The highest BCUT2D eigenvalue weighted by Gasteiger charge is 2.17. The fourth-order valence-corrected chi connectivity index (χ4v) is 4.01. The van der Waals surface area contributed by atoms with Crippen molar-refractivity contribution in [3.63, 3.8) is 0 Å². The van der Waals surface area contributed by atoms with Crippen LogP contribution in [0, 0.1) is 6.92 Å². The molecule has 1 aromatic heterocycles. The van der Waals surface area contributed by atoms with Crippen molar-refractivity contribution in [1.82, 2.24) is 5.32 Å². The van der Waals surface area contributed by atoms with E-state index in [1.807, 2.05) is 60.8 Å². The van der Waals surface area contributed by atoms with Gasteiger partial charge in [0.2, 0.25) is 0 Å². The van der Waals surface area contributed by atoms with Crippen molar-refractivity contribution in [2.45, 2.75) is 13.5 Å². The van der Waals surface area contributed by atoms with E-state index in [-0.39, 0.29) is 11.8 Å². The van der Waals surface area contributed by atoms with Crippen LogP contribution in [0.5, 0.6) is 0 Å². The standard InChI is InChI=1S/C26H22N2O2S/c1-18-10-12-21(13-11-18)28-26(30)24-9-5-4-8-23(24)25(29)27-16-19-6-2-3-7-22(19)20-14-15-31-17-20/h2-15,17H,16H2,1H3,(H,27,29)(H,28,30). The summed E-state index contributed by atoms with van der Waals surface area (Å²) in [6, 6.07) is 24.5. The van der Waals surface area contributed by atoms with Gasteiger partial charge in [-0.1, -0.05) is 54.1 Å². The largest absolute Gasteiger partial charge is 0.348 e. The lowest BCUT2D eigenvalue weighted by molar-refractivity contribution is 0.0938. The highest BCUT2D eigenvalue weighted by Crippen LogP contribution is 2.26. The second-order valence-electron chi connectivity index (χ2n) is 7.22. The second kappa shape index (κ2) is 9.41. The molecule has 2 amide bonds. The smallest absolute Gasteiger partial charge is 0.256 e. The second-order valence-corrected chi connectivity index (χ2v) is 8.00. The van der Waals surface area contributed by atoms with E-state index in [9.17, 15) is 9.59 Å². The Kier molecular flexibility index (Phi) is 6.24. The monoisotopic (exact) mass is 426 g/mol. The molecule has 0 spiro atoms. The van der Waals surface area contributed by atoms with Crippen molar-refractivity contribution < 1.29 is 9.59 Å². The minimum Gasteiger partial charge on any atom is -0.348 e. The van der Waals surface area contributed by atoms with Crippen molar-refractivity contribution in [2.75, 3.05) is 5.32 Å². The maximum absolute atomic E-state index is 12.9. The summed E-state index contributed by atoms with van der Waals surface area (Å²) in [6.45, 7) is 2.36. The number of hydrogen-bond acceptors (Lipinski definition) is 3. The van der Waals surface area contributed by atoms with Gasteiger partial charge in [0.25, 0.3) is 11.8 Å². The minimum atomic E-state index is -0.312. The molecular formula is C26H22N2O2S. The van der Waals surface area contributed by atoms with Crippen LogP contribution in [-0.2, 0) is 6.54 Å². The van der Waals surface area contributed by atoms with E-state index >= 15 is 0 Å². The van der Waals surface area contributed by atoms with Crippen molar-refractivity contribution >= 4 is 28.8 Å². The van der Waals surface area contributed by atoms with Gasteiger partial charge in [0, 0.05) is 12.2 Å². The Morgan fingerprint density at radius 1 is 0.806 bits per heavy atom. The fourth-order valence-electron chi connectivity index (χ4n) is 3.36. The van der Waals surface area contributed by atoms with Gasteiger partial charge in [0.15, 0.2) is 0 Å². The van der Waals surface area contributed by atoms with Gasteiger partial charge in [0.1, 0.15) is 0 Å². The molecule has 5 heteroatoms. The van der Waals surface area contributed by atoms with Gasteiger partial charge in [-0.15, -0.1) is 0 Å². The van der Waals surface area contributed by atoms with E-state index in [1.165, 1.54) is 0 Å². The molecule has 0 atom stereocenters. The van der Waals surface area contributed by atoms with Crippen LogP contribution in [0.1, 0.15) is 31.8 Å². The maximum atomic E-state index is 12.9. The fraction of sp³-hybridized carbons (Fsp3) is 0.0769. The van der Waals surface area contributed by atoms with Crippen molar-refractivity contribution in [3.05, 3.63) is 112 Å². The summed E-state index contributed by atoms with van der Waals surface area (Å²) in [5.41, 5.74) is 5.74. The highest BCUT2D eigenvalue weighted by atomic mass is 32.1. The minimum absolute atomic E-state index is 0.283. The molecule has 0 radical (unpaired) electrons. The molecule has 31 heavy (non-hydrogen) atoms. The molecule has 0 aliphatic heterocycles. The number of benzene rings is 3. The number of anilines is 1. The van der Waals surface area contributed by atoms with Crippen LogP contribution < -0.4 is 10.6 Å². The van der Waals surface area contributed by atoms with Gasteiger partial charge in [-0.25, -0.2) is 0 Å². The van der Waals surface area contributed by atoms with E-state index in [1.54, 1.807) is 35.6 Å². The quantitative estimate of drug-likeness (QED) is 0.403. The van der Waals surface area contributed by atoms with Crippen molar-refractivity contribution in [3.8, 4) is 11.1 Å². The first-order valence-corrected chi connectivity index (χ1v) is 10.9. The van der Waals surface area contributed by atoms with Gasteiger partial charge >= 0.3 is 0 Å². The van der Waals surface area contributed by atoms with Crippen molar-refractivity contribution in [2.24, 2.45) is 0 Å². The first kappa shape index (κ1) is 20.6. The average Bonchev–Trinajstić information content (AvgIpc) is 3.34. The third-order valence-corrected chi connectivity index (χ3v) is 5.70. The number of carbonyl (C=O) groups is 2. The third kappa shape index (κ3) is 4.90. The van der Waals surface area contributed by atoms with Gasteiger partial charge < -0.3 is 10.6 Å². The Labute approximate surface area is 185 Å². The van der Waals surface area contributed by atoms with Gasteiger partial charge in [-0.2, -0.15) is 11.3 Å². The van der Waals surface area contributed by atoms with Crippen molar-refractivity contribution in [1.29, 1.82) is 0 Å². The van der Waals surface area contributed by atoms with E-state index in [0.717, 1.165) is 22.3 Å². The number of aryl methyl sites for hydroxylation is 1. The molecular weight excluding hydrogens is 404 g/mol. The first-order valence-electron chi connectivity index (χ1n) is 9.97. The molecule has 2 N–H and O–H groups in total. The van der Waals surface area contributed by atoms with Crippen LogP contribution >= 0.6 is 11.3 Å². The topological polar surface area (TPSA) is 58.2 Å². The molecule has 0 bridgehead atoms. The van der Waals surface area contributed by atoms with Crippen LogP contribution in [0.15, 0.2) is 89.6 Å². The molecule has 4 rings (SSSR count). The van der Waals surface area contributed by atoms with E-state index < -0.39 is 0 Å². The summed E-state index contributed by atoms with van der Waals surface area (Å²) in [5, 5.41) is 9.96. The summed E-state index contributed by atoms with van der Waals surface area (Å²) in [6.07, 6.45) is 0. The van der Waals surface area contributed by atoms with Crippen LogP contribution in [0.25, 0.3) is 11.1 Å². The molecule has 4 aromatic rings. The number of rotatable bonds is 6. The highest BCUT2D eigenvalue weighted by molar-refractivity contribution is 7.08. The van der Waals surface area contributed by atoms with Crippen LogP contribution in [0.4, 0.5) is 5.69 Å². The number of carbonyl (C=O) groups excluding carboxylic acids is 2. The average molecular weight is 427 g/mol. The Hall–Kier alpha value is -3.70. The summed E-state index contributed by atoms with van der Waals surface area (Å²) in [7, 11) is 0. The zero-order chi connectivity index (χ0) is 21.6. The SMILES string of the molecule is Cc1ccc(NC(=O)c2ccccc2C(=O)NCc2ccccc2-c2ccsc2)cc1. The zero-order valence-corrected chi connectivity index (χ0v) is 17.9. The molecule has 0 aliphatic rings. The van der Waals surface area contributed by atoms with E-state index in [0.29, 0.717) is 23.4 Å². The molecule has 0 fully saturated rings. The number of amides is 2. The molecule has 154 valence electrons. The summed E-state index contributed by atoms with van der Waals surface area (Å²) in [4.78, 5) is 25.8. The molecule has 4 nitrogen and oxygen atoms in total. The molecule has 0 saturated heterocycles. The number of nitrogens with one attached hydrogen (secondary N) is 2. The van der Waals surface area contributed by atoms with Crippen LogP contribution in [-0.4, -0.2) is 11.8 Å². The summed E-state index contributed by atoms with van der Waals surface area (Å²) >= 11 is 1.64. The number of thiophene rings is 1. The lowest BCUT2D eigenvalue weighted by atomic mass is 10.0. The molecule has 0 aliphatic carbocycles. The van der Waals surface area contributed by atoms with Gasteiger partial charge in [0.05, 0.1) is 11.1 Å². The van der Waals surface area contributed by atoms with Crippen LogP contribution in [0.2, 0.25) is 0 Å². The zero-order valence-electron chi connectivity index (χ0n) is 17.1. The first-order chi connectivity index (χ1) is 15.1. The Morgan fingerprint density at radius 3 is 2.19 bits per heavy atom. The van der Waals surface area contributed by atoms with Gasteiger partial charge in [-0.05, 0) is 64.7 Å². The lowest BCUT2D eigenvalue weighted by Gasteiger charge is -2.13. The van der Waals surface area contributed by atoms with Crippen LogP contribution in [0.3, 0.4) is 0 Å². The predicted octanol–water partition coefficient (Wildman–Crippen LogP) is 5.91. The Balaban J connectivity index is 1.50. The predicted molar refractivity (Wildman–Crippen MR) is 126 cm³/mol. The molecule has 0 saturated carbocycles. The van der Waals surface area contributed by atoms with E-state index in [2.05, 4.69) is 22.1 Å². The normalized spacial score (nSPS) is 10.5. The molecule has 0 unspecified atom stereocenters. The maximum Gasteiger partial charge on any atom is 0.256 e. The van der Waals surface area contributed by atoms with E-state index in [4.69, 9.17) is 0 Å². The molecule has 1 heterocycles. The summed E-state index contributed by atoms with van der Waals surface area (Å²) in [5.74, 6) is -0.594. The number of hydrogen-bond donors (Lipinski definition) is 2. The third-order valence-electron chi connectivity index (χ3n) is 5.01. The lowest BCUT2D eigenvalue weighted by Crippen LogP contribution is -2.26.